The highest BCUT2D eigenvalue weighted by Crippen LogP contribution is 2.36. The van der Waals surface area contributed by atoms with Crippen LogP contribution >= 0.6 is 0 Å². The number of rotatable bonds is 7. The Labute approximate surface area is 129 Å². The Bertz CT molecular complexity index is 336. The second kappa shape index (κ2) is 7.56. The van der Waals surface area contributed by atoms with E-state index in [1.165, 1.54) is 19.3 Å². The van der Waals surface area contributed by atoms with E-state index in [4.69, 9.17) is 4.74 Å². The van der Waals surface area contributed by atoms with E-state index in [9.17, 15) is 4.79 Å². The minimum atomic E-state index is 0.206. The van der Waals surface area contributed by atoms with Gasteiger partial charge in [0, 0.05) is 19.1 Å². The van der Waals surface area contributed by atoms with Crippen molar-refractivity contribution in [3.05, 3.63) is 0 Å². The molecule has 0 radical (unpaired) electrons. The summed E-state index contributed by atoms with van der Waals surface area (Å²) < 4.78 is 5.82. The molecule has 0 spiro atoms. The van der Waals surface area contributed by atoms with Gasteiger partial charge >= 0.3 is 0 Å². The summed E-state index contributed by atoms with van der Waals surface area (Å²) in [5.74, 6) is 0.206. The van der Waals surface area contributed by atoms with Crippen LogP contribution in [0.25, 0.3) is 0 Å². The first kappa shape index (κ1) is 16.7. The van der Waals surface area contributed by atoms with Crippen LogP contribution in [0.1, 0.15) is 38.5 Å². The molecule has 0 atom stereocenters. The number of hydrogen-bond donors (Lipinski definition) is 1. The lowest BCUT2D eigenvalue weighted by molar-refractivity contribution is -0.134. The number of nitrogens with one attached hydrogen (secondary N) is 1. The lowest BCUT2D eigenvalue weighted by Crippen LogP contribution is -2.57. The summed E-state index contributed by atoms with van der Waals surface area (Å²) >= 11 is 0. The van der Waals surface area contributed by atoms with Crippen LogP contribution in [0, 0.1) is 0 Å². The molecule has 1 N–H and O–H groups in total. The molecule has 0 aromatic heterocycles. The van der Waals surface area contributed by atoms with Gasteiger partial charge in [-0.2, -0.15) is 0 Å². The molecule has 1 aliphatic carbocycles. The van der Waals surface area contributed by atoms with E-state index in [2.05, 4.69) is 24.3 Å². The van der Waals surface area contributed by atoms with Crippen LogP contribution in [0.4, 0.5) is 0 Å². The van der Waals surface area contributed by atoms with Crippen LogP contribution in [0.5, 0.6) is 0 Å². The van der Waals surface area contributed by atoms with Gasteiger partial charge in [-0.3, -0.25) is 4.79 Å². The Morgan fingerprint density at radius 1 is 1.24 bits per heavy atom. The predicted octanol–water partition coefficient (Wildman–Crippen LogP) is 1.09. The van der Waals surface area contributed by atoms with Gasteiger partial charge in [-0.15, -0.1) is 0 Å². The maximum atomic E-state index is 12.2. The summed E-state index contributed by atoms with van der Waals surface area (Å²) in [6.45, 7) is 3.46. The number of ether oxygens (including phenoxy) is 1. The van der Waals surface area contributed by atoms with Crippen LogP contribution in [-0.2, 0) is 9.53 Å². The van der Waals surface area contributed by atoms with Gasteiger partial charge in [0.05, 0.1) is 19.1 Å². The average Bonchev–Trinajstić information content (AvgIpc) is 2.43. The summed E-state index contributed by atoms with van der Waals surface area (Å²) in [5, 5.41) is 3.32. The topological polar surface area (TPSA) is 44.8 Å². The summed E-state index contributed by atoms with van der Waals surface area (Å²) in [4.78, 5) is 16.4. The summed E-state index contributed by atoms with van der Waals surface area (Å²) in [7, 11) is 6.17. The van der Waals surface area contributed by atoms with Gasteiger partial charge in [0.2, 0.25) is 5.91 Å². The molecule has 1 aliphatic heterocycles. The molecular weight excluding hydrogens is 266 g/mol. The van der Waals surface area contributed by atoms with Crippen molar-refractivity contribution in [3.8, 4) is 0 Å². The number of hydrogen-bond acceptors (Lipinski definition) is 4. The second-order valence-corrected chi connectivity index (χ2v) is 6.79. The highest BCUT2D eigenvalue weighted by molar-refractivity contribution is 5.76. The van der Waals surface area contributed by atoms with Gasteiger partial charge in [0.1, 0.15) is 0 Å². The zero-order valence-corrected chi connectivity index (χ0v) is 13.9. The fraction of sp³-hybridized carbons (Fsp3) is 0.938. The largest absolute Gasteiger partial charge is 0.378 e. The summed E-state index contributed by atoms with van der Waals surface area (Å²) in [6, 6.07) is 0. The monoisotopic (exact) mass is 297 g/mol. The van der Waals surface area contributed by atoms with Crippen molar-refractivity contribution in [1.82, 2.24) is 15.1 Å². The Kier molecular flexibility index (Phi) is 6.02. The van der Waals surface area contributed by atoms with Crippen LogP contribution in [0.3, 0.4) is 0 Å². The first-order valence-corrected chi connectivity index (χ1v) is 8.27. The maximum Gasteiger partial charge on any atom is 0.224 e. The molecule has 21 heavy (non-hydrogen) atoms. The number of likely N-dealkylation sites (N-methyl/N-ethyl adjacent to an activating group) is 2. The number of carbonyl (C=O) groups excluding carboxylic acids is 1. The van der Waals surface area contributed by atoms with E-state index >= 15 is 0 Å². The van der Waals surface area contributed by atoms with Crippen molar-refractivity contribution < 1.29 is 9.53 Å². The van der Waals surface area contributed by atoms with Gasteiger partial charge in [0.25, 0.3) is 0 Å². The molecule has 1 heterocycles. The Morgan fingerprint density at radius 3 is 2.43 bits per heavy atom. The molecule has 1 amide bonds. The van der Waals surface area contributed by atoms with Crippen molar-refractivity contribution in [2.75, 3.05) is 47.4 Å². The molecule has 5 heteroatoms. The third kappa shape index (κ3) is 4.41. The van der Waals surface area contributed by atoms with E-state index in [0.29, 0.717) is 19.1 Å². The minimum absolute atomic E-state index is 0.206. The fourth-order valence-corrected chi connectivity index (χ4v) is 3.33. The predicted molar refractivity (Wildman–Crippen MR) is 84.4 cm³/mol. The first-order chi connectivity index (χ1) is 10.0. The normalized spacial score (nSPS) is 22.1. The molecule has 0 bridgehead atoms. The molecule has 1 saturated carbocycles. The first-order valence-electron chi connectivity index (χ1n) is 8.27. The molecule has 5 nitrogen and oxygen atoms in total. The highest BCUT2D eigenvalue weighted by Gasteiger charge is 2.40. The number of carbonyl (C=O) groups is 1. The standard InChI is InChI=1S/C16H31N3O2/c1-18(2)16(8-4-9-16)13-19(3)15(20)7-12-21-14-5-10-17-11-6-14/h14,17H,4-13H2,1-3H3. The van der Waals surface area contributed by atoms with Crippen LogP contribution in [0.15, 0.2) is 0 Å². The van der Waals surface area contributed by atoms with E-state index in [-0.39, 0.29) is 11.4 Å². The second-order valence-electron chi connectivity index (χ2n) is 6.79. The van der Waals surface area contributed by atoms with E-state index < -0.39 is 0 Å². The lowest BCUT2D eigenvalue weighted by atomic mass is 9.75. The molecular formula is C16H31N3O2. The van der Waals surface area contributed by atoms with Gasteiger partial charge < -0.3 is 19.9 Å². The van der Waals surface area contributed by atoms with Gasteiger partial charge in [-0.25, -0.2) is 0 Å². The average molecular weight is 297 g/mol. The number of nitrogens with zero attached hydrogens (tertiary/aromatic N) is 2. The van der Waals surface area contributed by atoms with E-state index in [1.807, 2.05) is 11.9 Å². The summed E-state index contributed by atoms with van der Waals surface area (Å²) in [6.07, 6.45) is 6.64. The maximum absolute atomic E-state index is 12.2. The van der Waals surface area contributed by atoms with Crippen LogP contribution < -0.4 is 5.32 Å². The Hall–Kier alpha value is -0.650. The van der Waals surface area contributed by atoms with E-state index in [0.717, 1.165) is 32.5 Å². The van der Waals surface area contributed by atoms with Gasteiger partial charge in [-0.1, -0.05) is 0 Å². The van der Waals surface area contributed by atoms with Gasteiger partial charge in [-0.05, 0) is 59.3 Å². The molecule has 0 aromatic rings. The lowest BCUT2D eigenvalue weighted by Gasteiger charge is -2.49. The zero-order valence-electron chi connectivity index (χ0n) is 13.9. The zero-order chi connectivity index (χ0) is 15.3. The molecule has 2 fully saturated rings. The van der Waals surface area contributed by atoms with Crippen LogP contribution in [-0.4, -0.2) is 74.7 Å². The Morgan fingerprint density at radius 2 is 1.90 bits per heavy atom. The molecule has 0 unspecified atom stereocenters. The van der Waals surface area contributed by atoms with Crippen molar-refractivity contribution in [2.24, 2.45) is 0 Å². The molecule has 1 saturated heterocycles. The van der Waals surface area contributed by atoms with Crippen molar-refractivity contribution in [1.29, 1.82) is 0 Å². The molecule has 2 rings (SSSR count). The smallest absolute Gasteiger partial charge is 0.224 e. The number of amides is 1. The molecule has 122 valence electrons. The van der Waals surface area contributed by atoms with Gasteiger partial charge in [0.15, 0.2) is 0 Å². The Balaban J connectivity index is 1.67. The third-order valence-electron chi connectivity index (χ3n) is 5.15. The van der Waals surface area contributed by atoms with Crippen LogP contribution in [0.2, 0.25) is 0 Å². The molecule has 2 aliphatic rings. The third-order valence-corrected chi connectivity index (χ3v) is 5.15. The van der Waals surface area contributed by atoms with E-state index in [1.54, 1.807) is 0 Å². The SMILES string of the molecule is CN(CC1(N(C)C)CCC1)C(=O)CCOC1CCNCC1. The van der Waals surface area contributed by atoms with Crippen molar-refractivity contribution >= 4 is 5.91 Å². The highest BCUT2D eigenvalue weighted by atomic mass is 16.5. The minimum Gasteiger partial charge on any atom is -0.378 e. The summed E-state index contributed by atoms with van der Waals surface area (Å²) in [5.41, 5.74) is 0.209. The molecule has 0 aromatic carbocycles. The number of piperidine rings is 1. The fourth-order valence-electron chi connectivity index (χ4n) is 3.33. The van der Waals surface area contributed by atoms with Crippen molar-refractivity contribution in [3.63, 3.8) is 0 Å². The van der Waals surface area contributed by atoms with Crippen molar-refractivity contribution in [2.45, 2.75) is 50.2 Å². The quantitative estimate of drug-likeness (QED) is 0.764.